The van der Waals surface area contributed by atoms with E-state index in [0.717, 1.165) is 56.6 Å². The summed E-state index contributed by atoms with van der Waals surface area (Å²) < 4.78 is 11.1. The highest BCUT2D eigenvalue weighted by molar-refractivity contribution is 5.79. The van der Waals surface area contributed by atoms with Crippen LogP contribution >= 0.6 is 0 Å². The summed E-state index contributed by atoms with van der Waals surface area (Å²) >= 11 is 0. The summed E-state index contributed by atoms with van der Waals surface area (Å²) in [6.07, 6.45) is 8.35. The summed E-state index contributed by atoms with van der Waals surface area (Å²) in [6, 6.07) is 7.22. The van der Waals surface area contributed by atoms with Crippen LogP contribution < -0.4 is 9.47 Å². The summed E-state index contributed by atoms with van der Waals surface area (Å²) in [7, 11) is 4.12. The predicted molar refractivity (Wildman–Crippen MR) is 151 cm³/mol. The first-order chi connectivity index (χ1) is 19.4. The highest BCUT2D eigenvalue weighted by Gasteiger charge is 2.47. The number of carboxylic acids is 1. The first kappa shape index (κ1) is 29.7. The Morgan fingerprint density at radius 2 is 1.85 bits per heavy atom. The molecule has 1 fully saturated rings. The van der Waals surface area contributed by atoms with Crippen molar-refractivity contribution in [3.05, 3.63) is 48.0 Å². The number of carbonyl (C=O) groups excluding carboxylic acids is 1. The topological polar surface area (TPSA) is 108 Å². The Hall–Kier alpha value is -3.24. The van der Waals surface area contributed by atoms with Gasteiger partial charge in [0.1, 0.15) is 6.33 Å². The van der Waals surface area contributed by atoms with Crippen LogP contribution in [0.4, 0.5) is 0 Å². The molecule has 1 N–H and O–H groups in total. The minimum Gasteiger partial charge on any atom is -0.481 e. The standard InChI is InChI=1S/C30H43N5O5/c1-4-5-15-34(16-7-6-14-33(2)3)28(36)19-35-18-24(22-8-11-26-27(17-22)40-21-39-26)29(30(37)38)25(35)10-9-23-12-13-31-20-32-23/h8,11-13,17,20,24-25,29H,4-7,9-10,14-16,18-19,21H2,1-3H3,(H,37,38). The van der Waals surface area contributed by atoms with Gasteiger partial charge in [-0.05, 0) is 76.5 Å². The monoisotopic (exact) mass is 553 g/mol. The molecule has 40 heavy (non-hydrogen) atoms. The molecule has 2 aromatic rings. The molecule has 10 heteroatoms. The molecule has 1 aromatic heterocycles. The molecule has 1 aromatic carbocycles. The van der Waals surface area contributed by atoms with Gasteiger partial charge in [-0.3, -0.25) is 14.5 Å². The number of aliphatic carboxylic acids is 1. The van der Waals surface area contributed by atoms with E-state index in [0.29, 0.717) is 30.9 Å². The Kier molecular flexibility index (Phi) is 10.7. The van der Waals surface area contributed by atoms with Crippen molar-refractivity contribution in [1.82, 2.24) is 24.7 Å². The number of hydrogen-bond acceptors (Lipinski definition) is 8. The van der Waals surface area contributed by atoms with Crippen molar-refractivity contribution in [2.75, 3.05) is 53.6 Å². The molecule has 0 saturated carbocycles. The lowest BCUT2D eigenvalue weighted by molar-refractivity contribution is -0.143. The van der Waals surface area contributed by atoms with Crippen LogP contribution in [0.2, 0.25) is 0 Å². The third kappa shape index (κ3) is 7.69. The van der Waals surface area contributed by atoms with Gasteiger partial charge in [0.25, 0.3) is 0 Å². The molecular weight excluding hydrogens is 510 g/mol. The van der Waals surface area contributed by atoms with Crippen molar-refractivity contribution >= 4 is 11.9 Å². The van der Waals surface area contributed by atoms with E-state index >= 15 is 0 Å². The number of carboxylic acid groups (broad SMARTS) is 1. The molecule has 4 rings (SSSR count). The summed E-state index contributed by atoms with van der Waals surface area (Å²) in [5, 5.41) is 10.5. The zero-order chi connectivity index (χ0) is 28.5. The number of fused-ring (bicyclic) bond motifs is 1. The van der Waals surface area contributed by atoms with Crippen molar-refractivity contribution in [3.63, 3.8) is 0 Å². The average molecular weight is 554 g/mol. The molecule has 1 saturated heterocycles. The number of ether oxygens (including phenoxy) is 2. The van der Waals surface area contributed by atoms with Crippen LogP contribution in [-0.4, -0.2) is 101 Å². The number of benzene rings is 1. The second-order valence-corrected chi connectivity index (χ2v) is 11.1. The number of likely N-dealkylation sites (tertiary alicyclic amines) is 1. The number of aryl methyl sites for hydroxylation is 1. The maximum absolute atomic E-state index is 13.7. The third-order valence-corrected chi connectivity index (χ3v) is 7.95. The van der Waals surface area contributed by atoms with Gasteiger partial charge in [-0.1, -0.05) is 19.4 Å². The maximum atomic E-state index is 13.7. The number of unbranched alkanes of at least 4 members (excludes halogenated alkanes) is 2. The minimum absolute atomic E-state index is 0.0702. The first-order valence-electron chi connectivity index (χ1n) is 14.4. The third-order valence-electron chi connectivity index (χ3n) is 7.95. The van der Waals surface area contributed by atoms with E-state index in [1.54, 1.807) is 6.20 Å². The smallest absolute Gasteiger partial charge is 0.308 e. The van der Waals surface area contributed by atoms with E-state index in [1.807, 2.05) is 29.2 Å². The summed E-state index contributed by atoms with van der Waals surface area (Å²) in [5.74, 6) is -0.421. The van der Waals surface area contributed by atoms with E-state index in [-0.39, 0.29) is 31.2 Å². The van der Waals surface area contributed by atoms with Gasteiger partial charge < -0.3 is 24.4 Å². The van der Waals surface area contributed by atoms with Crippen LogP contribution in [0.3, 0.4) is 0 Å². The van der Waals surface area contributed by atoms with Crippen LogP contribution in [0.25, 0.3) is 0 Å². The van der Waals surface area contributed by atoms with Crippen molar-refractivity contribution in [2.45, 2.75) is 57.4 Å². The number of aromatic nitrogens is 2. The van der Waals surface area contributed by atoms with Crippen LogP contribution in [-0.2, 0) is 16.0 Å². The van der Waals surface area contributed by atoms with Crippen molar-refractivity contribution in [2.24, 2.45) is 5.92 Å². The van der Waals surface area contributed by atoms with Crippen LogP contribution in [0.5, 0.6) is 11.5 Å². The second-order valence-electron chi connectivity index (χ2n) is 11.1. The van der Waals surface area contributed by atoms with Gasteiger partial charge in [0.05, 0.1) is 12.5 Å². The van der Waals surface area contributed by atoms with E-state index in [1.165, 1.54) is 6.33 Å². The largest absolute Gasteiger partial charge is 0.481 e. The molecule has 3 atom stereocenters. The SMILES string of the molecule is CCCCN(CCCCN(C)C)C(=O)CN1CC(c2ccc3c(c2)OCO3)C(C(=O)O)C1CCc1ccncn1. The Labute approximate surface area is 237 Å². The lowest BCUT2D eigenvalue weighted by atomic mass is 9.83. The predicted octanol–water partition coefficient (Wildman–Crippen LogP) is 3.28. The van der Waals surface area contributed by atoms with Crippen LogP contribution in [0.1, 0.15) is 56.2 Å². The zero-order valence-electron chi connectivity index (χ0n) is 24.0. The summed E-state index contributed by atoms with van der Waals surface area (Å²) in [4.78, 5) is 41.0. The number of hydrogen-bond donors (Lipinski definition) is 1. The molecule has 2 aliphatic heterocycles. The molecule has 1 amide bonds. The molecule has 0 aliphatic carbocycles. The van der Waals surface area contributed by atoms with E-state index in [9.17, 15) is 14.7 Å². The van der Waals surface area contributed by atoms with Gasteiger partial charge in [-0.2, -0.15) is 0 Å². The first-order valence-corrected chi connectivity index (χ1v) is 14.4. The fraction of sp³-hybridized carbons (Fsp3) is 0.600. The number of carbonyl (C=O) groups is 2. The Balaban J connectivity index is 1.54. The highest BCUT2D eigenvalue weighted by Crippen LogP contribution is 2.43. The average Bonchev–Trinajstić information content (AvgIpc) is 3.56. The Morgan fingerprint density at radius 3 is 2.58 bits per heavy atom. The van der Waals surface area contributed by atoms with Gasteiger partial charge in [0.15, 0.2) is 11.5 Å². The molecule has 3 heterocycles. The summed E-state index contributed by atoms with van der Waals surface area (Å²) in [5.41, 5.74) is 1.76. The molecule has 218 valence electrons. The minimum atomic E-state index is -0.850. The number of amides is 1. The quantitative estimate of drug-likeness (QED) is 0.333. The van der Waals surface area contributed by atoms with Crippen LogP contribution in [0, 0.1) is 5.92 Å². The van der Waals surface area contributed by atoms with E-state index in [4.69, 9.17) is 9.47 Å². The second kappa shape index (κ2) is 14.4. The number of nitrogens with zero attached hydrogens (tertiary/aromatic N) is 5. The Bertz CT molecular complexity index is 1110. The van der Waals surface area contributed by atoms with Crippen molar-refractivity contribution in [1.29, 1.82) is 0 Å². The summed E-state index contributed by atoms with van der Waals surface area (Å²) in [6.45, 7) is 5.42. The zero-order valence-corrected chi connectivity index (χ0v) is 24.0. The van der Waals surface area contributed by atoms with Gasteiger partial charge in [-0.15, -0.1) is 0 Å². The van der Waals surface area contributed by atoms with E-state index < -0.39 is 11.9 Å². The van der Waals surface area contributed by atoms with Crippen LogP contribution in [0.15, 0.2) is 36.8 Å². The maximum Gasteiger partial charge on any atom is 0.308 e. The molecule has 3 unspecified atom stereocenters. The van der Waals surface area contributed by atoms with Gasteiger partial charge in [0.2, 0.25) is 12.7 Å². The van der Waals surface area contributed by atoms with Gasteiger partial charge >= 0.3 is 5.97 Å². The fourth-order valence-electron chi connectivity index (χ4n) is 5.81. The lowest BCUT2D eigenvalue weighted by Crippen LogP contribution is -2.45. The fourth-order valence-corrected chi connectivity index (χ4v) is 5.81. The molecule has 10 nitrogen and oxygen atoms in total. The lowest BCUT2D eigenvalue weighted by Gasteiger charge is -2.30. The Morgan fingerprint density at radius 1 is 1.07 bits per heavy atom. The van der Waals surface area contributed by atoms with Gasteiger partial charge in [0, 0.05) is 43.5 Å². The molecule has 0 radical (unpaired) electrons. The van der Waals surface area contributed by atoms with Crippen molar-refractivity contribution < 1.29 is 24.2 Å². The van der Waals surface area contributed by atoms with E-state index in [2.05, 4.69) is 40.8 Å². The molecule has 0 spiro atoms. The normalized spacial score (nSPS) is 20.2. The number of rotatable bonds is 15. The molecule has 0 bridgehead atoms. The molecule has 2 aliphatic rings. The molecular formula is C30H43N5O5. The highest BCUT2D eigenvalue weighted by atomic mass is 16.7. The van der Waals surface area contributed by atoms with Gasteiger partial charge in [-0.25, -0.2) is 9.97 Å². The van der Waals surface area contributed by atoms with Crippen molar-refractivity contribution in [3.8, 4) is 11.5 Å².